The number of nitrogens with zero attached hydrogens (tertiary/aromatic N) is 3. The van der Waals surface area contributed by atoms with E-state index in [2.05, 4.69) is 9.97 Å². The lowest BCUT2D eigenvalue weighted by atomic mass is 10.3. The second-order valence-electron chi connectivity index (χ2n) is 3.97. The van der Waals surface area contributed by atoms with Gasteiger partial charge in [-0.25, -0.2) is 4.98 Å². The van der Waals surface area contributed by atoms with Gasteiger partial charge in [-0.2, -0.15) is 4.98 Å². The number of hydrogen-bond acceptors (Lipinski definition) is 6. The van der Waals surface area contributed by atoms with Gasteiger partial charge in [0.15, 0.2) is 11.5 Å². The molecule has 1 aromatic heterocycles. The van der Waals surface area contributed by atoms with E-state index in [0.29, 0.717) is 18.1 Å². The molecule has 0 aliphatic heterocycles. The number of aryl methyl sites for hydroxylation is 1. The topological polar surface area (TPSA) is 87.4 Å². The van der Waals surface area contributed by atoms with Gasteiger partial charge in [0.05, 0.1) is 11.5 Å². The SMILES string of the molecule is CCOc1ccccc1Oc1nc(Cl)nc(C)c1[N+](=O)[O-]. The van der Waals surface area contributed by atoms with Crippen molar-refractivity contribution >= 4 is 17.3 Å². The van der Waals surface area contributed by atoms with Gasteiger partial charge in [0.25, 0.3) is 0 Å². The molecule has 21 heavy (non-hydrogen) atoms. The molecular formula is C13H12ClN3O4. The molecule has 0 bridgehead atoms. The number of hydrogen-bond donors (Lipinski definition) is 0. The van der Waals surface area contributed by atoms with Crippen LogP contribution in [0, 0.1) is 17.0 Å². The molecule has 0 spiro atoms. The Morgan fingerprint density at radius 3 is 2.57 bits per heavy atom. The fourth-order valence-electron chi connectivity index (χ4n) is 1.70. The van der Waals surface area contributed by atoms with Crippen LogP contribution in [0.1, 0.15) is 12.6 Å². The van der Waals surface area contributed by atoms with Crippen LogP contribution in [0.5, 0.6) is 17.4 Å². The third-order valence-corrected chi connectivity index (χ3v) is 2.71. The number of para-hydroxylation sites is 2. The number of benzene rings is 1. The molecule has 0 radical (unpaired) electrons. The van der Waals surface area contributed by atoms with Crippen LogP contribution in [0.3, 0.4) is 0 Å². The summed E-state index contributed by atoms with van der Waals surface area (Å²) < 4.78 is 10.9. The van der Waals surface area contributed by atoms with Crippen molar-refractivity contribution in [2.24, 2.45) is 0 Å². The Morgan fingerprint density at radius 2 is 1.95 bits per heavy atom. The molecule has 0 N–H and O–H groups in total. The summed E-state index contributed by atoms with van der Waals surface area (Å²) in [4.78, 5) is 18.1. The number of nitro groups is 1. The Labute approximate surface area is 125 Å². The third kappa shape index (κ3) is 3.38. The molecule has 0 unspecified atom stereocenters. The summed E-state index contributed by atoms with van der Waals surface area (Å²) in [5.74, 6) is 0.558. The van der Waals surface area contributed by atoms with Crippen LogP contribution in [0.25, 0.3) is 0 Å². The van der Waals surface area contributed by atoms with Crippen molar-refractivity contribution in [2.75, 3.05) is 6.61 Å². The van der Waals surface area contributed by atoms with E-state index >= 15 is 0 Å². The highest BCUT2D eigenvalue weighted by Gasteiger charge is 2.24. The van der Waals surface area contributed by atoms with Gasteiger partial charge in [0, 0.05) is 0 Å². The maximum absolute atomic E-state index is 11.1. The fourth-order valence-corrected chi connectivity index (χ4v) is 1.91. The van der Waals surface area contributed by atoms with Crippen molar-refractivity contribution in [1.82, 2.24) is 9.97 Å². The molecule has 7 nitrogen and oxygen atoms in total. The summed E-state index contributed by atoms with van der Waals surface area (Å²) in [6, 6.07) is 6.81. The molecule has 0 aliphatic rings. The lowest BCUT2D eigenvalue weighted by Gasteiger charge is -2.11. The van der Waals surface area contributed by atoms with Crippen LogP contribution in [0.2, 0.25) is 5.28 Å². The predicted octanol–water partition coefficient (Wildman–Crippen LogP) is 3.54. The van der Waals surface area contributed by atoms with E-state index in [1.54, 1.807) is 24.3 Å². The Hall–Kier alpha value is -2.41. The van der Waals surface area contributed by atoms with Crippen molar-refractivity contribution in [2.45, 2.75) is 13.8 Å². The van der Waals surface area contributed by atoms with Gasteiger partial charge >= 0.3 is 11.6 Å². The van der Waals surface area contributed by atoms with Crippen molar-refractivity contribution in [3.8, 4) is 17.4 Å². The van der Waals surface area contributed by atoms with Crippen LogP contribution < -0.4 is 9.47 Å². The summed E-state index contributed by atoms with van der Waals surface area (Å²) in [5.41, 5.74) is -0.199. The molecule has 0 atom stereocenters. The average molecular weight is 310 g/mol. The highest BCUT2D eigenvalue weighted by atomic mass is 35.5. The van der Waals surface area contributed by atoms with Gasteiger partial charge in [-0.15, -0.1) is 0 Å². The summed E-state index contributed by atoms with van der Waals surface area (Å²) in [6.07, 6.45) is 0. The number of rotatable bonds is 5. The van der Waals surface area contributed by atoms with Crippen LogP contribution >= 0.6 is 11.6 Å². The Bertz CT molecular complexity index is 678. The molecule has 0 saturated carbocycles. The van der Waals surface area contributed by atoms with Crippen LogP contribution in [-0.2, 0) is 0 Å². The predicted molar refractivity (Wildman–Crippen MR) is 76.1 cm³/mol. The van der Waals surface area contributed by atoms with Crippen molar-refractivity contribution in [3.63, 3.8) is 0 Å². The first-order chi connectivity index (χ1) is 10.0. The summed E-state index contributed by atoms with van der Waals surface area (Å²) >= 11 is 5.74. The van der Waals surface area contributed by atoms with Gasteiger partial charge in [-0.05, 0) is 37.6 Å². The van der Waals surface area contributed by atoms with E-state index in [4.69, 9.17) is 21.1 Å². The van der Waals surface area contributed by atoms with Gasteiger partial charge in [0.2, 0.25) is 5.28 Å². The second-order valence-corrected chi connectivity index (χ2v) is 4.31. The molecule has 110 valence electrons. The normalized spacial score (nSPS) is 10.2. The number of ether oxygens (including phenoxy) is 2. The van der Waals surface area contributed by atoms with Gasteiger partial charge in [-0.1, -0.05) is 12.1 Å². The third-order valence-electron chi connectivity index (χ3n) is 2.54. The fraction of sp³-hybridized carbons (Fsp3) is 0.231. The molecule has 2 rings (SSSR count). The van der Waals surface area contributed by atoms with Gasteiger partial charge < -0.3 is 9.47 Å². The average Bonchev–Trinajstić information content (AvgIpc) is 2.40. The molecule has 0 amide bonds. The van der Waals surface area contributed by atoms with Crippen molar-refractivity contribution in [1.29, 1.82) is 0 Å². The molecule has 1 heterocycles. The van der Waals surface area contributed by atoms with Crippen molar-refractivity contribution in [3.05, 3.63) is 45.4 Å². The maximum atomic E-state index is 11.1. The van der Waals surface area contributed by atoms with Crippen LogP contribution in [0.4, 0.5) is 5.69 Å². The Kier molecular flexibility index (Phi) is 4.54. The van der Waals surface area contributed by atoms with Crippen LogP contribution in [0.15, 0.2) is 24.3 Å². The minimum Gasteiger partial charge on any atom is -0.490 e. The first kappa shape index (κ1) is 15.0. The minimum atomic E-state index is -0.607. The van der Waals surface area contributed by atoms with Gasteiger partial charge in [-0.3, -0.25) is 10.1 Å². The summed E-state index contributed by atoms with van der Waals surface area (Å²) in [6.45, 7) is 3.73. The van der Waals surface area contributed by atoms with E-state index in [-0.39, 0.29) is 22.5 Å². The first-order valence-corrected chi connectivity index (χ1v) is 6.49. The van der Waals surface area contributed by atoms with E-state index in [1.165, 1.54) is 6.92 Å². The van der Waals surface area contributed by atoms with Crippen molar-refractivity contribution < 1.29 is 14.4 Å². The zero-order valence-electron chi connectivity index (χ0n) is 11.4. The smallest absolute Gasteiger partial charge is 0.352 e. The van der Waals surface area contributed by atoms with Gasteiger partial charge in [0.1, 0.15) is 5.69 Å². The molecular weight excluding hydrogens is 298 g/mol. The highest BCUT2D eigenvalue weighted by molar-refractivity contribution is 6.28. The first-order valence-electron chi connectivity index (χ1n) is 6.11. The molecule has 1 aromatic carbocycles. The largest absolute Gasteiger partial charge is 0.490 e. The monoisotopic (exact) mass is 309 g/mol. The van der Waals surface area contributed by atoms with E-state index in [1.807, 2.05) is 6.92 Å². The quantitative estimate of drug-likeness (QED) is 0.477. The molecule has 0 saturated heterocycles. The minimum absolute atomic E-state index is 0.123. The van der Waals surface area contributed by atoms with Crippen LogP contribution in [-0.4, -0.2) is 21.5 Å². The lowest BCUT2D eigenvalue weighted by molar-refractivity contribution is -0.386. The Balaban J connectivity index is 2.47. The molecule has 0 fully saturated rings. The van der Waals surface area contributed by atoms with E-state index in [0.717, 1.165) is 0 Å². The molecule has 2 aromatic rings. The maximum Gasteiger partial charge on any atom is 0.352 e. The standard InChI is InChI=1S/C13H12ClN3O4/c1-3-20-9-6-4-5-7-10(9)21-12-11(17(18)19)8(2)15-13(14)16-12/h4-7H,3H2,1-2H3. The molecule has 0 aliphatic carbocycles. The zero-order valence-corrected chi connectivity index (χ0v) is 12.1. The van der Waals surface area contributed by atoms with E-state index in [9.17, 15) is 10.1 Å². The zero-order chi connectivity index (χ0) is 15.4. The van der Waals surface area contributed by atoms with E-state index < -0.39 is 4.92 Å². The molecule has 8 heteroatoms. The highest BCUT2D eigenvalue weighted by Crippen LogP contribution is 2.36. The lowest BCUT2D eigenvalue weighted by Crippen LogP contribution is -2.02. The second kappa shape index (κ2) is 6.36. The summed E-state index contributed by atoms with van der Waals surface area (Å²) in [7, 11) is 0. The number of halogens is 1. The summed E-state index contributed by atoms with van der Waals surface area (Å²) in [5, 5.41) is 11.0. The number of aromatic nitrogens is 2. The Morgan fingerprint density at radius 1 is 1.29 bits per heavy atom.